The van der Waals surface area contributed by atoms with Gasteiger partial charge < -0.3 is 14.2 Å². The fourth-order valence-electron chi connectivity index (χ4n) is 2.93. The Morgan fingerprint density at radius 3 is 2.56 bits per heavy atom. The maximum Gasteiger partial charge on any atom is 0.586 e. The Bertz CT molecular complexity index is 998. The van der Waals surface area contributed by atoms with E-state index in [0.717, 1.165) is 10.8 Å². The molecule has 0 fully saturated rings. The third-order valence-electron chi connectivity index (χ3n) is 4.02. The second-order valence-electron chi connectivity index (χ2n) is 5.53. The van der Waals surface area contributed by atoms with Crippen LogP contribution in [0.5, 0.6) is 11.5 Å². The molecule has 0 atom stereocenters. The Kier molecular flexibility index (Phi) is 3.35. The van der Waals surface area contributed by atoms with E-state index in [1.165, 1.54) is 13.2 Å². The first-order valence-corrected chi connectivity index (χ1v) is 7.49. The summed E-state index contributed by atoms with van der Waals surface area (Å²) >= 11 is 0. The van der Waals surface area contributed by atoms with Crippen LogP contribution in [0, 0.1) is 0 Å². The van der Waals surface area contributed by atoms with Gasteiger partial charge in [-0.2, -0.15) is 0 Å². The Morgan fingerprint density at radius 1 is 1.00 bits per heavy atom. The standard InChI is InChI=1S/C19H12F2O4/c1-23-18(22)12-9-8-11-4-2-5-13(15(11)10-12)14-6-3-7-16-17(14)25-19(20,21)24-16/h2-10H,1H3. The van der Waals surface area contributed by atoms with Gasteiger partial charge in [-0.05, 0) is 34.5 Å². The van der Waals surface area contributed by atoms with Crippen molar-refractivity contribution in [3.05, 3.63) is 60.2 Å². The van der Waals surface area contributed by atoms with E-state index >= 15 is 0 Å². The zero-order valence-corrected chi connectivity index (χ0v) is 13.1. The van der Waals surface area contributed by atoms with Crippen LogP contribution < -0.4 is 9.47 Å². The van der Waals surface area contributed by atoms with Gasteiger partial charge >= 0.3 is 12.3 Å². The first-order valence-electron chi connectivity index (χ1n) is 7.49. The second-order valence-corrected chi connectivity index (χ2v) is 5.53. The fraction of sp³-hybridized carbons (Fsp3) is 0.105. The van der Waals surface area contributed by atoms with Crippen LogP contribution in [0.4, 0.5) is 8.78 Å². The number of ether oxygens (including phenoxy) is 3. The van der Waals surface area contributed by atoms with Gasteiger partial charge in [0.15, 0.2) is 11.5 Å². The molecule has 0 bridgehead atoms. The predicted molar refractivity (Wildman–Crippen MR) is 86.9 cm³/mol. The lowest BCUT2D eigenvalue weighted by molar-refractivity contribution is -0.286. The number of fused-ring (bicyclic) bond motifs is 2. The third-order valence-corrected chi connectivity index (χ3v) is 4.02. The van der Waals surface area contributed by atoms with E-state index in [9.17, 15) is 13.6 Å². The molecule has 25 heavy (non-hydrogen) atoms. The summed E-state index contributed by atoms with van der Waals surface area (Å²) in [7, 11) is 1.30. The van der Waals surface area contributed by atoms with E-state index in [4.69, 9.17) is 4.74 Å². The zero-order valence-electron chi connectivity index (χ0n) is 13.1. The van der Waals surface area contributed by atoms with E-state index in [1.54, 1.807) is 36.4 Å². The Labute approximate surface area is 141 Å². The van der Waals surface area contributed by atoms with Crippen LogP contribution in [-0.4, -0.2) is 19.4 Å². The number of esters is 1. The first-order chi connectivity index (χ1) is 12.0. The molecule has 0 N–H and O–H groups in total. The average Bonchev–Trinajstić information content (AvgIpc) is 2.93. The maximum absolute atomic E-state index is 13.5. The number of carbonyl (C=O) groups is 1. The van der Waals surface area contributed by atoms with Crippen LogP contribution in [-0.2, 0) is 4.74 Å². The van der Waals surface area contributed by atoms with E-state index in [1.807, 2.05) is 12.1 Å². The van der Waals surface area contributed by atoms with Gasteiger partial charge in [-0.25, -0.2) is 4.79 Å². The normalized spacial score (nSPS) is 14.5. The van der Waals surface area contributed by atoms with Crippen molar-refractivity contribution in [3.63, 3.8) is 0 Å². The lowest BCUT2D eigenvalue weighted by Gasteiger charge is -2.11. The number of benzene rings is 3. The van der Waals surface area contributed by atoms with Gasteiger partial charge in [0, 0.05) is 5.56 Å². The summed E-state index contributed by atoms with van der Waals surface area (Å²) in [6.45, 7) is 0. The summed E-state index contributed by atoms with van der Waals surface area (Å²) in [5.74, 6) is -0.520. The van der Waals surface area contributed by atoms with Crippen molar-refractivity contribution in [2.75, 3.05) is 7.11 Å². The number of rotatable bonds is 2. The molecule has 0 unspecified atom stereocenters. The minimum atomic E-state index is -3.69. The smallest absolute Gasteiger partial charge is 0.465 e. The number of methoxy groups -OCH3 is 1. The molecule has 1 aliphatic rings. The molecule has 0 saturated heterocycles. The number of hydrogen-bond acceptors (Lipinski definition) is 4. The van der Waals surface area contributed by atoms with Crippen molar-refractivity contribution < 1.29 is 27.8 Å². The van der Waals surface area contributed by atoms with Gasteiger partial charge in [-0.1, -0.05) is 36.4 Å². The summed E-state index contributed by atoms with van der Waals surface area (Å²) in [4.78, 5) is 11.8. The van der Waals surface area contributed by atoms with Crippen LogP contribution in [0.15, 0.2) is 54.6 Å². The number of para-hydroxylation sites is 1. The van der Waals surface area contributed by atoms with Crippen molar-refractivity contribution in [1.29, 1.82) is 0 Å². The molecule has 0 spiro atoms. The van der Waals surface area contributed by atoms with Gasteiger partial charge in [-0.3, -0.25) is 0 Å². The molecule has 3 aromatic rings. The van der Waals surface area contributed by atoms with Crippen LogP contribution >= 0.6 is 0 Å². The largest absolute Gasteiger partial charge is 0.586 e. The molecule has 0 amide bonds. The molecule has 0 aliphatic carbocycles. The van der Waals surface area contributed by atoms with Crippen LogP contribution in [0.1, 0.15) is 10.4 Å². The molecule has 4 nitrogen and oxygen atoms in total. The summed E-state index contributed by atoms with van der Waals surface area (Å²) in [6.07, 6.45) is -3.69. The van der Waals surface area contributed by atoms with Gasteiger partial charge in [0.2, 0.25) is 0 Å². The molecular weight excluding hydrogens is 330 g/mol. The average molecular weight is 342 g/mol. The van der Waals surface area contributed by atoms with Gasteiger partial charge in [0.25, 0.3) is 0 Å². The molecule has 0 aromatic heterocycles. The molecule has 1 aliphatic heterocycles. The highest BCUT2D eigenvalue weighted by atomic mass is 19.3. The van der Waals surface area contributed by atoms with E-state index in [-0.39, 0.29) is 11.5 Å². The lowest BCUT2D eigenvalue weighted by atomic mass is 9.96. The van der Waals surface area contributed by atoms with Crippen LogP contribution in [0.3, 0.4) is 0 Å². The summed E-state index contributed by atoms with van der Waals surface area (Å²) in [6, 6.07) is 15.3. The minimum Gasteiger partial charge on any atom is -0.465 e. The summed E-state index contributed by atoms with van der Waals surface area (Å²) in [5, 5.41) is 1.58. The molecule has 1 heterocycles. The number of hydrogen-bond donors (Lipinski definition) is 0. The Balaban J connectivity index is 1.94. The van der Waals surface area contributed by atoms with Gasteiger partial charge in [0.1, 0.15) is 0 Å². The van der Waals surface area contributed by atoms with Gasteiger partial charge in [-0.15, -0.1) is 8.78 Å². The quantitative estimate of drug-likeness (QED) is 0.638. The van der Waals surface area contributed by atoms with Crippen LogP contribution in [0.25, 0.3) is 21.9 Å². The fourth-order valence-corrected chi connectivity index (χ4v) is 2.93. The van der Waals surface area contributed by atoms with Crippen molar-refractivity contribution in [2.45, 2.75) is 6.29 Å². The van der Waals surface area contributed by atoms with E-state index in [2.05, 4.69) is 9.47 Å². The molecular formula is C19H12F2O4. The third kappa shape index (κ3) is 2.55. The second kappa shape index (κ2) is 5.44. The SMILES string of the molecule is COC(=O)c1ccc2cccc(-c3cccc4c3OC(F)(F)O4)c2c1. The van der Waals surface area contributed by atoms with E-state index in [0.29, 0.717) is 16.7 Å². The monoisotopic (exact) mass is 342 g/mol. The zero-order chi connectivity index (χ0) is 17.6. The predicted octanol–water partition coefficient (Wildman–Crippen LogP) is 4.61. The number of alkyl halides is 2. The topological polar surface area (TPSA) is 44.8 Å². The molecule has 0 radical (unpaired) electrons. The molecule has 126 valence electrons. The summed E-state index contributed by atoms with van der Waals surface area (Å²) in [5.41, 5.74) is 1.49. The first kappa shape index (κ1) is 15.4. The molecule has 0 saturated carbocycles. The molecule has 3 aromatic carbocycles. The Hall–Kier alpha value is -3.15. The molecule has 4 rings (SSSR count). The van der Waals surface area contributed by atoms with Crippen LogP contribution in [0.2, 0.25) is 0 Å². The van der Waals surface area contributed by atoms with Crippen molar-refractivity contribution in [1.82, 2.24) is 0 Å². The minimum absolute atomic E-state index is 0.0244. The van der Waals surface area contributed by atoms with Gasteiger partial charge in [0.05, 0.1) is 12.7 Å². The van der Waals surface area contributed by atoms with E-state index < -0.39 is 12.3 Å². The van der Waals surface area contributed by atoms with Crippen molar-refractivity contribution in [2.24, 2.45) is 0 Å². The van der Waals surface area contributed by atoms with Crippen molar-refractivity contribution in [3.8, 4) is 22.6 Å². The summed E-state index contributed by atoms with van der Waals surface area (Å²) < 4.78 is 40.9. The number of carbonyl (C=O) groups excluding carboxylic acids is 1. The lowest BCUT2D eigenvalue weighted by Crippen LogP contribution is -2.26. The maximum atomic E-state index is 13.5. The highest BCUT2D eigenvalue weighted by Gasteiger charge is 2.44. The highest BCUT2D eigenvalue weighted by Crippen LogP contribution is 2.48. The highest BCUT2D eigenvalue weighted by molar-refractivity contribution is 6.02. The Morgan fingerprint density at radius 2 is 1.76 bits per heavy atom. The molecule has 6 heteroatoms. The number of halogens is 2. The van der Waals surface area contributed by atoms with Crippen molar-refractivity contribution >= 4 is 16.7 Å².